The van der Waals surface area contributed by atoms with Gasteiger partial charge in [-0.2, -0.15) is 0 Å². The number of fused-ring (bicyclic) bond motifs is 1. The molecule has 5 heteroatoms. The van der Waals surface area contributed by atoms with Gasteiger partial charge in [-0.15, -0.1) is 0 Å². The summed E-state index contributed by atoms with van der Waals surface area (Å²) in [6, 6.07) is 21.0. The Balaban J connectivity index is 2.15. The van der Waals surface area contributed by atoms with Crippen LogP contribution in [0.4, 0.5) is 0 Å². The Morgan fingerprint density at radius 1 is 0.880 bits per heavy atom. The van der Waals surface area contributed by atoms with Crippen molar-refractivity contribution in [3.63, 3.8) is 0 Å². The van der Waals surface area contributed by atoms with Gasteiger partial charge in [0.25, 0.3) is 0 Å². The molecule has 4 nitrogen and oxygen atoms in total. The molecule has 0 N–H and O–H groups in total. The van der Waals surface area contributed by atoms with Crippen molar-refractivity contribution in [1.82, 2.24) is 0 Å². The molecule has 0 aliphatic rings. The number of hydrogen-bond donors (Lipinski definition) is 0. The summed E-state index contributed by atoms with van der Waals surface area (Å²) in [5, 5.41) is 1.99. The van der Waals surface area contributed by atoms with E-state index in [9.17, 15) is 13.2 Å². The Bertz CT molecular complexity index is 1050. The Hall–Kier alpha value is -2.92. The molecule has 0 aliphatic heterocycles. The minimum Gasteiger partial charge on any atom is -0.465 e. The zero-order valence-electron chi connectivity index (χ0n) is 13.5. The van der Waals surface area contributed by atoms with Crippen LogP contribution in [-0.4, -0.2) is 21.5 Å². The number of benzene rings is 3. The molecule has 3 aromatic carbocycles. The smallest absolute Gasteiger partial charge is 0.349 e. The summed E-state index contributed by atoms with van der Waals surface area (Å²) in [7, 11) is -2.81. The lowest BCUT2D eigenvalue weighted by Crippen LogP contribution is -2.15. The van der Waals surface area contributed by atoms with Crippen LogP contribution >= 0.6 is 0 Å². The third-order valence-corrected chi connectivity index (χ3v) is 5.56. The first-order valence-corrected chi connectivity index (χ1v) is 9.09. The standard InChI is InChI=1S/C20H16O4S/c1-24-20(21)19(25(22,23)18-9-3-2-4-10-18)14-15-11-12-16-7-5-6-8-17(16)13-15/h2-14H,1H3/b19-14+. The first kappa shape index (κ1) is 16.9. The fourth-order valence-corrected chi connectivity index (χ4v) is 3.89. The number of sulfone groups is 1. The van der Waals surface area contributed by atoms with E-state index in [0.29, 0.717) is 5.56 Å². The highest BCUT2D eigenvalue weighted by atomic mass is 32.2. The lowest BCUT2D eigenvalue weighted by atomic mass is 10.1. The lowest BCUT2D eigenvalue weighted by Gasteiger charge is -2.08. The van der Waals surface area contributed by atoms with E-state index in [-0.39, 0.29) is 4.90 Å². The highest BCUT2D eigenvalue weighted by Gasteiger charge is 2.27. The zero-order chi connectivity index (χ0) is 17.9. The van der Waals surface area contributed by atoms with Gasteiger partial charge in [0.15, 0.2) is 4.91 Å². The molecule has 0 atom stereocenters. The van der Waals surface area contributed by atoms with E-state index < -0.39 is 20.7 Å². The molecule has 0 saturated heterocycles. The van der Waals surface area contributed by atoms with Gasteiger partial charge in [0.2, 0.25) is 9.84 Å². The Morgan fingerprint density at radius 3 is 2.20 bits per heavy atom. The van der Waals surface area contributed by atoms with E-state index in [1.165, 1.54) is 18.2 Å². The van der Waals surface area contributed by atoms with Crippen molar-refractivity contribution in [2.75, 3.05) is 7.11 Å². The molecule has 0 heterocycles. The van der Waals surface area contributed by atoms with E-state index in [4.69, 9.17) is 4.74 Å². The van der Waals surface area contributed by atoms with Gasteiger partial charge in [-0.25, -0.2) is 13.2 Å². The Labute approximate surface area is 146 Å². The topological polar surface area (TPSA) is 60.4 Å². The lowest BCUT2D eigenvalue weighted by molar-refractivity contribution is -0.135. The molecule has 0 saturated carbocycles. The minimum atomic E-state index is -3.98. The second-order valence-electron chi connectivity index (χ2n) is 5.42. The van der Waals surface area contributed by atoms with Crippen molar-refractivity contribution < 1.29 is 17.9 Å². The molecule has 0 spiro atoms. The van der Waals surface area contributed by atoms with Crippen LogP contribution in [0.5, 0.6) is 0 Å². The fourth-order valence-electron chi connectivity index (χ4n) is 2.52. The van der Waals surface area contributed by atoms with Crippen LogP contribution < -0.4 is 0 Å². The maximum absolute atomic E-state index is 12.8. The van der Waals surface area contributed by atoms with Crippen molar-refractivity contribution in [3.8, 4) is 0 Å². The number of carbonyl (C=O) groups excluding carboxylic acids is 1. The van der Waals surface area contributed by atoms with E-state index in [1.807, 2.05) is 36.4 Å². The summed E-state index contributed by atoms with van der Waals surface area (Å²) in [4.78, 5) is 11.8. The van der Waals surface area contributed by atoms with Gasteiger partial charge in [-0.05, 0) is 40.6 Å². The average molecular weight is 352 g/mol. The van der Waals surface area contributed by atoms with E-state index in [0.717, 1.165) is 17.9 Å². The number of rotatable bonds is 4. The third kappa shape index (κ3) is 3.46. The highest BCUT2D eigenvalue weighted by Crippen LogP contribution is 2.24. The molecular formula is C20H16O4S. The number of hydrogen-bond acceptors (Lipinski definition) is 4. The molecule has 0 bridgehead atoms. The van der Waals surface area contributed by atoms with Gasteiger partial charge in [-0.3, -0.25) is 0 Å². The molecule has 0 fully saturated rings. The van der Waals surface area contributed by atoms with Crippen molar-refractivity contribution in [3.05, 3.63) is 83.3 Å². The SMILES string of the molecule is COC(=O)/C(=C\c1ccc2ccccc2c1)S(=O)(=O)c1ccccc1. The van der Waals surface area contributed by atoms with Gasteiger partial charge in [0.1, 0.15) is 0 Å². The number of esters is 1. The van der Waals surface area contributed by atoms with E-state index >= 15 is 0 Å². The minimum absolute atomic E-state index is 0.0486. The number of ether oxygens (including phenoxy) is 1. The third-order valence-electron chi connectivity index (χ3n) is 3.80. The molecular weight excluding hydrogens is 336 g/mol. The molecule has 126 valence electrons. The van der Waals surface area contributed by atoms with Gasteiger partial charge in [0, 0.05) is 0 Å². The van der Waals surface area contributed by atoms with E-state index in [1.54, 1.807) is 24.3 Å². The normalized spacial score (nSPS) is 12.1. The Morgan fingerprint density at radius 2 is 1.52 bits per heavy atom. The van der Waals surface area contributed by atoms with Crippen molar-refractivity contribution in [2.45, 2.75) is 4.90 Å². The maximum atomic E-state index is 12.8. The van der Waals surface area contributed by atoms with Gasteiger partial charge < -0.3 is 4.74 Å². The first-order valence-electron chi connectivity index (χ1n) is 7.61. The molecule has 0 amide bonds. The van der Waals surface area contributed by atoms with Gasteiger partial charge in [0.05, 0.1) is 12.0 Å². The quantitative estimate of drug-likeness (QED) is 0.529. The first-order chi connectivity index (χ1) is 12.0. The Kier molecular flexibility index (Phi) is 4.67. The largest absolute Gasteiger partial charge is 0.465 e. The summed E-state index contributed by atoms with van der Waals surface area (Å²) in [6.45, 7) is 0. The van der Waals surface area contributed by atoms with Crippen molar-refractivity contribution in [1.29, 1.82) is 0 Å². The highest BCUT2D eigenvalue weighted by molar-refractivity contribution is 7.96. The van der Waals surface area contributed by atoms with Crippen molar-refractivity contribution in [2.24, 2.45) is 0 Å². The second kappa shape index (κ2) is 6.91. The molecule has 0 unspecified atom stereocenters. The monoisotopic (exact) mass is 352 g/mol. The van der Waals surface area contributed by atoms with Crippen molar-refractivity contribution >= 4 is 32.7 Å². The van der Waals surface area contributed by atoms with Gasteiger partial charge in [-0.1, -0.05) is 54.6 Å². The van der Waals surface area contributed by atoms with Crippen LogP contribution in [0.3, 0.4) is 0 Å². The average Bonchev–Trinajstić information content (AvgIpc) is 2.66. The molecule has 3 rings (SSSR count). The van der Waals surface area contributed by atoms with Crippen LogP contribution in [0.1, 0.15) is 5.56 Å². The molecule has 25 heavy (non-hydrogen) atoms. The van der Waals surface area contributed by atoms with Crippen LogP contribution in [-0.2, 0) is 19.4 Å². The molecule has 3 aromatic rings. The predicted molar refractivity (Wildman–Crippen MR) is 97.6 cm³/mol. The predicted octanol–water partition coefficient (Wildman–Crippen LogP) is 3.83. The summed E-state index contributed by atoms with van der Waals surface area (Å²) >= 11 is 0. The van der Waals surface area contributed by atoms with E-state index in [2.05, 4.69) is 0 Å². The summed E-state index contributed by atoms with van der Waals surface area (Å²) in [5.41, 5.74) is 0.610. The van der Waals surface area contributed by atoms with Crippen LogP contribution in [0.25, 0.3) is 16.8 Å². The maximum Gasteiger partial charge on any atom is 0.349 e. The summed E-state index contributed by atoms with van der Waals surface area (Å²) < 4.78 is 30.4. The second-order valence-corrected chi connectivity index (χ2v) is 7.34. The fraction of sp³-hybridized carbons (Fsp3) is 0.0500. The molecule has 0 aromatic heterocycles. The summed E-state index contributed by atoms with van der Waals surface area (Å²) in [5.74, 6) is -0.892. The number of methoxy groups -OCH3 is 1. The zero-order valence-corrected chi connectivity index (χ0v) is 14.4. The van der Waals surface area contributed by atoms with Crippen LogP contribution in [0, 0.1) is 0 Å². The molecule has 0 aliphatic carbocycles. The number of carbonyl (C=O) groups is 1. The van der Waals surface area contributed by atoms with Crippen LogP contribution in [0.15, 0.2) is 82.6 Å². The van der Waals surface area contributed by atoms with Crippen LogP contribution in [0.2, 0.25) is 0 Å². The van der Waals surface area contributed by atoms with Gasteiger partial charge >= 0.3 is 5.97 Å². The molecule has 0 radical (unpaired) electrons. The summed E-state index contributed by atoms with van der Waals surface area (Å²) in [6.07, 6.45) is 1.35.